The topological polar surface area (TPSA) is 52.8 Å². The molecule has 0 amide bonds. The van der Waals surface area contributed by atoms with E-state index in [2.05, 4.69) is 26.4 Å². The number of hydrogen-bond donors (Lipinski definition) is 0. The molecule has 0 N–H and O–H groups in total. The number of halogens is 1. The molecule has 0 spiro atoms. The Balaban J connectivity index is 2.07. The van der Waals surface area contributed by atoms with Crippen molar-refractivity contribution in [3.05, 3.63) is 12.2 Å². The van der Waals surface area contributed by atoms with Gasteiger partial charge >= 0.3 is 0 Å². The maximum atomic E-state index is 5.94. The summed E-state index contributed by atoms with van der Waals surface area (Å²) in [5.74, 6) is 2.06. The largest absolute Gasteiger partial charge is 0.479 e. The van der Waals surface area contributed by atoms with Crippen LogP contribution in [-0.2, 0) is 13.0 Å². The normalized spacial score (nSPS) is 17.5. The molecule has 1 saturated carbocycles. The fourth-order valence-electron chi connectivity index (χ4n) is 3.32. The van der Waals surface area contributed by atoms with Crippen molar-refractivity contribution in [1.82, 2.24) is 19.5 Å². The fourth-order valence-corrected chi connectivity index (χ4v) is 3.49. The van der Waals surface area contributed by atoms with Gasteiger partial charge in [0.25, 0.3) is 0 Å². The Morgan fingerprint density at radius 1 is 1.33 bits per heavy atom. The summed E-state index contributed by atoms with van der Waals surface area (Å²) >= 11 is 5.94. The number of alkyl halides is 1. The highest BCUT2D eigenvalue weighted by molar-refractivity contribution is 6.17. The number of aryl methyl sites for hydroxylation is 1. The maximum Gasteiger partial charge on any atom is 0.245 e. The molecular weight excluding hydrogens is 288 g/mol. The third kappa shape index (κ3) is 2.71. The average Bonchev–Trinajstić information content (AvgIpc) is 3.05. The van der Waals surface area contributed by atoms with Gasteiger partial charge in [0.2, 0.25) is 5.88 Å². The van der Waals surface area contributed by atoms with E-state index in [0.717, 1.165) is 30.0 Å². The maximum absolute atomic E-state index is 5.94. The van der Waals surface area contributed by atoms with Gasteiger partial charge in [-0.2, -0.15) is 4.98 Å². The van der Waals surface area contributed by atoms with Gasteiger partial charge in [-0.3, -0.25) is 0 Å². The van der Waals surface area contributed by atoms with Crippen LogP contribution in [0, 0.1) is 5.41 Å². The Bertz CT molecular complexity index is 634. The van der Waals surface area contributed by atoms with Crippen molar-refractivity contribution in [3.8, 4) is 5.88 Å². The molecule has 1 fully saturated rings. The summed E-state index contributed by atoms with van der Waals surface area (Å²) in [6.07, 6.45) is 7.42. The molecule has 3 rings (SSSR count). The molecule has 0 aliphatic heterocycles. The predicted molar refractivity (Wildman–Crippen MR) is 82.9 cm³/mol. The summed E-state index contributed by atoms with van der Waals surface area (Å²) in [5.41, 5.74) is 1.92. The molecule has 1 aliphatic carbocycles. The van der Waals surface area contributed by atoms with Gasteiger partial charge in [0, 0.05) is 18.8 Å². The van der Waals surface area contributed by atoms with E-state index in [0.29, 0.717) is 17.2 Å². The molecule has 2 heterocycles. The third-order valence-electron chi connectivity index (χ3n) is 4.44. The lowest BCUT2D eigenvalue weighted by molar-refractivity contribution is 0.281. The van der Waals surface area contributed by atoms with Crippen LogP contribution in [0.15, 0.2) is 6.33 Å². The minimum atomic E-state index is 0.326. The molecule has 6 heteroatoms. The van der Waals surface area contributed by atoms with Crippen LogP contribution in [0.1, 0.15) is 38.4 Å². The molecule has 0 atom stereocenters. The van der Waals surface area contributed by atoms with E-state index in [9.17, 15) is 0 Å². The van der Waals surface area contributed by atoms with Crippen LogP contribution in [0.2, 0.25) is 0 Å². The molecule has 21 heavy (non-hydrogen) atoms. The van der Waals surface area contributed by atoms with Gasteiger partial charge in [-0.1, -0.05) is 19.8 Å². The van der Waals surface area contributed by atoms with Crippen molar-refractivity contribution in [1.29, 1.82) is 0 Å². The van der Waals surface area contributed by atoms with Crippen LogP contribution in [0.5, 0.6) is 5.88 Å². The van der Waals surface area contributed by atoms with E-state index >= 15 is 0 Å². The molecule has 2 aromatic rings. The summed E-state index contributed by atoms with van der Waals surface area (Å²) in [6, 6.07) is 0. The van der Waals surface area contributed by atoms with E-state index in [4.69, 9.17) is 16.3 Å². The summed E-state index contributed by atoms with van der Waals surface area (Å²) in [5, 5.41) is 0. The zero-order chi connectivity index (χ0) is 14.9. The number of methoxy groups -OCH3 is 1. The SMILES string of the molecule is COc1ncnc2c1nc(CCCl)n2CC1(C)CCCC1. The first-order valence-corrected chi connectivity index (χ1v) is 8.00. The molecule has 0 unspecified atom stereocenters. The van der Waals surface area contributed by atoms with Gasteiger partial charge in [0.15, 0.2) is 11.2 Å². The Morgan fingerprint density at radius 3 is 2.76 bits per heavy atom. The van der Waals surface area contributed by atoms with E-state index in [1.807, 2.05) is 0 Å². The van der Waals surface area contributed by atoms with Crippen LogP contribution >= 0.6 is 11.6 Å². The molecule has 114 valence electrons. The first-order valence-electron chi connectivity index (χ1n) is 7.47. The molecule has 0 saturated heterocycles. The molecule has 0 bridgehead atoms. The Hall–Kier alpha value is -1.36. The van der Waals surface area contributed by atoms with Crippen molar-refractivity contribution >= 4 is 22.8 Å². The number of ether oxygens (including phenoxy) is 1. The van der Waals surface area contributed by atoms with E-state index in [1.165, 1.54) is 25.7 Å². The summed E-state index contributed by atoms with van der Waals surface area (Å²) in [4.78, 5) is 13.3. The number of nitrogens with zero attached hydrogens (tertiary/aromatic N) is 4. The second-order valence-electron chi connectivity index (χ2n) is 6.13. The minimum Gasteiger partial charge on any atom is -0.479 e. The van der Waals surface area contributed by atoms with Crippen LogP contribution in [-0.4, -0.2) is 32.5 Å². The van der Waals surface area contributed by atoms with Gasteiger partial charge < -0.3 is 9.30 Å². The number of fused-ring (bicyclic) bond motifs is 1. The number of rotatable bonds is 5. The summed E-state index contributed by atoms with van der Waals surface area (Å²) in [6.45, 7) is 3.30. The lowest BCUT2D eigenvalue weighted by atomic mass is 9.89. The molecule has 1 aliphatic rings. The lowest BCUT2D eigenvalue weighted by Gasteiger charge is -2.25. The van der Waals surface area contributed by atoms with E-state index in [1.54, 1.807) is 13.4 Å². The fraction of sp³-hybridized carbons (Fsp3) is 0.667. The highest BCUT2D eigenvalue weighted by atomic mass is 35.5. The lowest BCUT2D eigenvalue weighted by Crippen LogP contribution is -2.21. The smallest absolute Gasteiger partial charge is 0.245 e. The minimum absolute atomic E-state index is 0.326. The van der Waals surface area contributed by atoms with Crippen molar-refractivity contribution in [2.45, 2.75) is 45.6 Å². The number of imidazole rings is 1. The third-order valence-corrected chi connectivity index (χ3v) is 4.63. The van der Waals surface area contributed by atoms with Gasteiger partial charge in [0.05, 0.1) is 7.11 Å². The average molecular weight is 309 g/mol. The van der Waals surface area contributed by atoms with E-state index in [-0.39, 0.29) is 0 Å². The quantitative estimate of drug-likeness (QED) is 0.796. The standard InChI is InChI=1S/C15H21ClN4O/c1-15(6-3-4-7-15)9-20-11(5-8-16)19-12-13(20)17-10-18-14(12)21-2/h10H,3-9H2,1-2H3. The first kappa shape index (κ1) is 14.6. The summed E-state index contributed by atoms with van der Waals surface area (Å²) < 4.78 is 7.52. The van der Waals surface area contributed by atoms with E-state index < -0.39 is 0 Å². The second kappa shape index (κ2) is 5.79. The van der Waals surface area contributed by atoms with Crippen LogP contribution in [0.25, 0.3) is 11.2 Å². The van der Waals surface area contributed by atoms with Crippen LogP contribution in [0.4, 0.5) is 0 Å². The molecular formula is C15H21ClN4O. The van der Waals surface area contributed by atoms with Gasteiger partial charge in [0.1, 0.15) is 12.2 Å². The van der Waals surface area contributed by atoms with Crippen molar-refractivity contribution in [3.63, 3.8) is 0 Å². The van der Waals surface area contributed by atoms with Crippen molar-refractivity contribution in [2.24, 2.45) is 5.41 Å². The molecule has 2 aromatic heterocycles. The van der Waals surface area contributed by atoms with Gasteiger partial charge in [-0.05, 0) is 18.3 Å². The zero-order valence-electron chi connectivity index (χ0n) is 12.6. The summed E-state index contributed by atoms with van der Waals surface area (Å²) in [7, 11) is 1.61. The Morgan fingerprint density at radius 2 is 2.10 bits per heavy atom. The molecule has 0 aromatic carbocycles. The van der Waals surface area contributed by atoms with Gasteiger partial charge in [-0.25, -0.2) is 9.97 Å². The number of hydrogen-bond acceptors (Lipinski definition) is 4. The predicted octanol–water partition coefficient (Wildman–Crippen LogP) is 3.20. The Labute approximate surface area is 129 Å². The highest BCUT2D eigenvalue weighted by Gasteiger charge is 2.31. The number of aromatic nitrogens is 4. The highest BCUT2D eigenvalue weighted by Crippen LogP contribution is 2.40. The molecule has 5 nitrogen and oxygen atoms in total. The zero-order valence-corrected chi connectivity index (χ0v) is 13.4. The van der Waals surface area contributed by atoms with Gasteiger partial charge in [-0.15, -0.1) is 11.6 Å². The van der Waals surface area contributed by atoms with Crippen LogP contribution < -0.4 is 4.74 Å². The van der Waals surface area contributed by atoms with Crippen molar-refractivity contribution in [2.75, 3.05) is 13.0 Å². The second-order valence-corrected chi connectivity index (χ2v) is 6.50. The Kier molecular flexibility index (Phi) is 4.02. The monoisotopic (exact) mass is 308 g/mol. The molecule has 0 radical (unpaired) electrons. The first-order chi connectivity index (χ1) is 10.2. The van der Waals surface area contributed by atoms with Crippen LogP contribution in [0.3, 0.4) is 0 Å². The van der Waals surface area contributed by atoms with Crippen molar-refractivity contribution < 1.29 is 4.74 Å².